The Morgan fingerprint density at radius 3 is 2.72 bits per heavy atom. The van der Waals surface area contributed by atoms with E-state index >= 15 is 0 Å². The van der Waals surface area contributed by atoms with Gasteiger partial charge < -0.3 is 9.30 Å². The van der Waals surface area contributed by atoms with Crippen LogP contribution in [-0.2, 0) is 11.3 Å². The fraction of sp³-hybridized carbons (Fsp3) is 0.333. The van der Waals surface area contributed by atoms with Crippen LogP contribution in [-0.4, -0.2) is 37.7 Å². The van der Waals surface area contributed by atoms with Crippen molar-refractivity contribution in [3.8, 4) is 10.6 Å². The van der Waals surface area contributed by atoms with Gasteiger partial charge in [-0.25, -0.2) is 14.5 Å². The molecule has 7 nitrogen and oxygen atoms in total. The van der Waals surface area contributed by atoms with Crippen molar-refractivity contribution in [1.29, 1.82) is 0 Å². The van der Waals surface area contributed by atoms with Crippen LogP contribution < -0.4 is 0 Å². The maximum Gasteiger partial charge on any atom is 0.339 e. The molecule has 0 atom stereocenters. The van der Waals surface area contributed by atoms with Gasteiger partial charge in [-0.3, -0.25) is 4.79 Å². The smallest absolute Gasteiger partial charge is 0.339 e. The second-order valence-electron chi connectivity index (χ2n) is 8.12. The number of aryl methyl sites for hydroxylation is 2. The zero-order valence-electron chi connectivity index (χ0n) is 18.3. The standard InChI is InChI=1S/C24H24N4O3S/c1-4-27-23-19(12-25-27)18(11-20(26-23)22-6-5-9-32-22)24(30)31-13-21(29)17-10-14(2)28(15(17)3)16-7-8-16/h5-6,9-12,16H,4,7-8,13H2,1-3H3. The van der Waals surface area contributed by atoms with Gasteiger partial charge in [-0.1, -0.05) is 6.07 Å². The first-order valence-corrected chi connectivity index (χ1v) is 11.6. The third-order valence-corrected chi connectivity index (χ3v) is 6.83. The number of rotatable bonds is 7. The number of pyridine rings is 1. The predicted molar refractivity (Wildman–Crippen MR) is 123 cm³/mol. The van der Waals surface area contributed by atoms with E-state index in [0.29, 0.717) is 40.4 Å². The monoisotopic (exact) mass is 448 g/mol. The summed E-state index contributed by atoms with van der Waals surface area (Å²) in [6, 6.07) is 8.02. The molecule has 5 rings (SSSR count). The number of hydrogen-bond donors (Lipinski definition) is 0. The summed E-state index contributed by atoms with van der Waals surface area (Å²) in [5.74, 6) is -0.735. The van der Waals surface area contributed by atoms with E-state index in [4.69, 9.17) is 9.72 Å². The number of carbonyl (C=O) groups is 2. The molecule has 4 aromatic heterocycles. The van der Waals surface area contributed by atoms with E-state index in [-0.39, 0.29) is 12.4 Å². The summed E-state index contributed by atoms with van der Waals surface area (Å²) >= 11 is 1.55. The summed E-state index contributed by atoms with van der Waals surface area (Å²) in [5.41, 5.74) is 4.33. The lowest BCUT2D eigenvalue weighted by Gasteiger charge is -2.09. The quantitative estimate of drug-likeness (QED) is 0.295. The van der Waals surface area contributed by atoms with E-state index in [2.05, 4.69) is 9.67 Å². The van der Waals surface area contributed by atoms with E-state index in [1.807, 2.05) is 44.4 Å². The Hall–Kier alpha value is -3.26. The Bertz CT molecular complexity index is 1330. The van der Waals surface area contributed by atoms with Crippen molar-refractivity contribution in [2.45, 2.75) is 46.2 Å². The fourth-order valence-electron chi connectivity index (χ4n) is 4.24. The van der Waals surface area contributed by atoms with Crippen LogP contribution in [0.15, 0.2) is 35.8 Å². The Labute approximate surface area is 189 Å². The number of aromatic nitrogens is 4. The summed E-state index contributed by atoms with van der Waals surface area (Å²) in [6.45, 7) is 6.28. The number of Topliss-reactive ketones (excluding diaryl/α,β-unsaturated/α-hetero) is 1. The zero-order chi connectivity index (χ0) is 22.4. The maximum atomic E-state index is 13.0. The van der Waals surface area contributed by atoms with Crippen molar-refractivity contribution >= 4 is 34.1 Å². The lowest BCUT2D eigenvalue weighted by atomic mass is 10.1. The minimum Gasteiger partial charge on any atom is -0.454 e. The van der Waals surface area contributed by atoms with Crippen LogP contribution in [0.1, 0.15) is 57.9 Å². The Kier molecular flexibility index (Phi) is 5.17. The van der Waals surface area contributed by atoms with Gasteiger partial charge >= 0.3 is 5.97 Å². The summed E-state index contributed by atoms with van der Waals surface area (Å²) < 4.78 is 9.46. The summed E-state index contributed by atoms with van der Waals surface area (Å²) in [5, 5.41) is 6.94. The SMILES string of the molecule is CCn1ncc2c(C(=O)OCC(=O)c3cc(C)n(C4CC4)c3C)cc(-c3cccs3)nc21. The first-order valence-electron chi connectivity index (χ1n) is 10.8. The molecule has 0 unspecified atom stereocenters. The lowest BCUT2D eigenvalue weighted by Crippen LogP contribution is -2.15. The van der Waals surface area contributed by atoms with Crippen LogP contribution >= 0.6 is 11.3 Å². The van der Waals surface area contributed by atoms with Gasteiger partial charge in [0.15, 0.2) is 12.3 Å². The number of ketones is 1. The van der Waals surface area contributed by atoms with Gasteiger partial charge in [0.1, 0.15) is 0 Å². The average molecular weight is 449 g/mol. The normalized spacial score (nSPS) is 13.6. The van der Waals surface area contributed by atoms with Crippen LogP contribution in [0, 0.1) is 13.8 Å². The first kappa shape index (κ1) is 20.6. The average Bonchev–Trinajstić information content (AvgIpc) is 3.19. The Morgan fingerprint density at radius 1 is 1.22 bits per heavy atom. The van der Waals surface area contributed by atoms with Crippen LogP contribution in [0.3, 0.4) is 0 Å². The zero-order valence-corrected chi connectivity index (χ0v) is 19.1. The minimum absolute atomic E-state index is 0.189. The van der Waals surface area contributed by atoms with Crippen LogP contribution in [0.4, 0.5) is 0 Å². The van der Waals surface area contributed by atoms with Crippen LogP contribution in [0.25, 0.3) is 21.6 Å². The molecule has 0 amide bonds. The molecule has 0 bridgehead atoms. The molecule has 164 valence electrons. The highest BCUT2D eigenvalue weighted by molar-refractivity contribution is 7.13. The molecule has 4 heterocycles. The summed E-state index contributed by atoms with van der Waals surface area (Å²) in [7, 11) is 0. The Morgan fingerprint density at radius 2 is 2.03 bits per heavy atom. The number of carbonyl (C=O) groups excluding carboxylic acids is 2. The molecule has 32 heavy (non-hydrogen) atoms. The Balaban J connectivity index is 1.42. The molecule has 1 fully saturated rings. The van der Waals surface area contributed by atoms with Gasteiger partial charge in [0.2, 0.25) is 5.78 Å². The number of hydrogen-bond acceptors (Lipinski definition) is 6. The third-order valence-electron chi connectivity index (χ3n) is 5.93. The van der Waals surface area contributed by atoms with Crippen LogP contribution in [0.5, 0.6) is 0 Å². The summed E-state index contributed by atoms with van der Waals surface area (Å²) in [6.07, 6.45) is 3.93. The number of thiophene rings is 1. The fourth-order valence-corrected chi connectivity index (χ4v) is 4.93. The highest BCUT2D eigenvalue weighted by atomic mass is 32.1. The van der Waals surface area contributed by atoms with E-state index < -0.39 is 5.97 Å². The largest absolute Gasteiger partial charge is 0.454 e. The molecule has 0 spiro atoms. The van der Waals surface area contributed by atoms with Crippen molar-refractivity contribution in [3.63, 3.8) is 0 Å². The number of esters is 1. The van der Waals surface area contributed by atoms with Gasteiger partial charge in [0.05, 0.1) is 27.7 Å². The highest BCUT2D eigenvalue weighted by Gasteiger charge is 2.28. The van der Waals surface area contributed by atoms with Gasteiger partial charge in [0, 0.05) is 29.5 Å². The third kappa shape index (κ3) is 3.54. The predicted octanol–water partition coefficient (Wildman–Crippen LogP) is 4.97. The van der Waals surface area contributed by atoms with Crippen molar-refractivity contribution in [2.24, 2.45) is 0 Å². The van der Waals surface area contributed by atoms with Crippen molar-refractivity contribution < 1.29 is 14.3 Å². The molecule has 0 radical (unpaired) electrons. The molecular weight excluding hydrogens is 424 g/mol. The van der Waals surface area contributed by atoms with Crippen molar-refractivity contribution in [1.82, 2.24) is 19.3 Å². The van der Waals surface area contributed by atoms with Gasteiger partial charge in [-0.15, -0.1) is 11.3 Å². The molecule has 4 aromatic rings. The molecular formula is C24H24N4O3S. The molecule has 8 heteroatoms. The van der Waals surface area contributed by atoms with Crippen molar-refractivity contribution in [2.75, 3.05) is 6.61 Å². The van der Waals surface area contributed by atoms with Gasteiger partial charge in [-0.2, -0.15) is 5.10 Å². The van der Waals surface area contributed by atoms with Crippen LogP contribution in [0.2, 0.25) is 0 Å². The molecule has 1 aliphatic rings. The van der Waals surface area contributed by atoms with Gasteiger partial charge in [0.25, 0.3) is 0 Å². The number of ether oxygens (including phenoxy) is 1. The van der Waals surface area contributed by atoms with Gasteiger partial charge in [-0.05, 0) is 57.2 Å². The van der Waals surface area contributed by atoms with E-state index in [1.165, 1.54) is 0 Å². The van der Waals surface area contributed by atoms with E-state index in [9.17, 15) is 9.59 Å². The molecule has 0 N–H and O–H groups in total. The number of nitrogens with zero attached hydrogens (tertiary/aromatic N) is 4. The molecule has 0 saturated heterocycles. The lowest BCUT2D eigenvalue weighted by molar-refractivity contribution is 0.0476. The molecule has 1 aliphatic carbocycles. The van der Waals surface area contributed by atoms with E-state index in [1.54, 1.807) is 28.3 Å². The highest BCUT2D eigenvalue weighted by Crippen LogP contribution is 2.38. The van der Waals surface area contributed by atoms with E-state index in [0.717, 1.165) is 29.1 Å². The minimum atomic E-state index is -0.546. The second kappa shape index (κ2) is 8.02. The second-order valence-corrected chi connectivity index (χ2v) is 9.06. The molecule has 0 aromatic carbocycles. The molecule has 1 saturated carbocycles. The number of fused-ring (bicyclic) bond motifs is 1. The first-order chi connectivity index (χ1) is 15.5. The topological polar surface area (TPSA) is 79.0 Å². The summed E-state index contributed by atoms with van der Waals surface area (Å²) in [4.78, 5) is 31.6. The molecule has 0 aliphatic heterocycles. The van der Waals surface area contributed by atoms with Crippen molar-refractivity contribution in [3.05, 3.63) is 58.4 Å². The maximum absolute atomic E-state index is 13.0.